The van der Waals surface area contributed by atoms with Gasteiger partial charge in [-0.05, 0) is 35.9 Å². The molecule has 0 aliphatic heterocycles. The molecule has 2 amide bonds. The number of carbonyl (C=O) groups excluding carboxylic acids is 1. The first-order valence-corrected chi connectivity index (χ1v) is 12.5. The molecule has 2 N–H and O–H groups in total. The van der Waals surface area contributed by atoms with E-state index in [9.17, 15) is 26.4 Å². The molecule has 0 radical (unpaired) electrons. The Balaban J connectivity index is 1.71. The predicted molar refractivity (Wildman–Crippen MR) is 129 cm³/mol. The summed E-state index contributed by atoms with van der Waals surface area (Å²) in [4.78, 5) is 12.5. The minimum absolute atomic E-state index is 0.00116. The van der Waals surface area contributed by atoms with Crippen LogP contribution in [0.5, 0.6) is 5.75 Å². The molecule has 12 heteroatoms. The summed E-state index contributed by atoms with van der Waals surface area (Å²) >= 11 is 12.6. The van der Waals surface area contributed by atoms with E-state index in [2.05, 4.69) is 15.4 Å². The number of hydrogen-bond acceptors (Lipinski definition) is 4. The van der Waals surface area contributed by atoms with E-state index in [0.29, 0.717) is 5.56 Å². The van der Waals surface area contributed by atoms with Gasteiger partial charge in [0.1, 0.15) is 5.75 Å². The number of anilines is 1. The Hall–Kier alpha value is -2.95. The number of hydrogen-bond donors (Lipinski definition) is 2. The van der Waals surface area contributed by atoms with Crippen molar-refractivity contribution in [3.63, 3.8) is 0 Å². The molecular formula is C23H19Cl2F3N2O4S. The van der Waals surface area contributed by atoms with Gasteiger partial charge in [0.2, 0.25) is 0 Å². The van der Waals surface area contributed by atoms with Gasteiger partial charge in [-0.2, -0.15) is 0 Å². The second kappa shape index (κ2) is 10.8. The van der Waals surface area contributed by atoms with Crippen molar-refractivity contribution in [3.05, 3.63) is 76.3 Å². The fraction of sp³-hybridized carbons (Fsp3) is 0.174. The molecule has 6 nitrogen and oxygen atoms in total. The SMILES string of the molecule is CCS(=O)(=O)c1ccc(CNC(=O)Nc2cc(Cl)c(-c3ccccc3OC(F)(F)F)c(Cl)c2)cc1. The highest BCUT2D eigenvalue weighted by atomic mass is 35.5. The lowest BCUT2D eigenvalue weighted by Gasteiger charge is -2.16. The molecule has 35 heavy (non-hydrogen) atoms. The summed E-state index contributed by atoms with van der Waals surface area (Å²) in [6.45, 7) is 1.66. The Kier molecular flexibility index (Phi) is 8.19. The maximum atomic E-state index is 12.8. The van der Waals surface area contributed by atoms with Crippen LogP contribution in [-0.2, 0) is 16.4 Å². The number of para-hydroxylation sites is 1. The summed E-state index contributed by atoms with van der Waals surface area (Å²) in [5.74, 6) is -0.488. The molecule has 0 unspecified atom stereocenters. The summed E-state index contributed by atoms with van der Waals surface area (Å²) in [6.07, 6.45) is -4.90. The third-order valence-electron chi connectivity index (χ3n) is 4.80. The van der Waals surface area contributed by atoms with Gasteiger partial charge in [0, 0.05) is 23.4 Å². The molecule has 3 aromatic carbocycles. The second-order valence-corrected chi connectivity index (χ2v) is 10.3. The summed E-state index contributed by atoms with van der Waals surface area (Å²) in [5.41, 5.74) is 1.02. The summed E-state index contributed by atoms with van der Waals surface area (Å²) in [5, 5.41) is 5.15. The van der Waals surface area contributed by atoms with Crippen molar-refractivity contribution in [2.24, 2.45) is 0 Å². The van der Waals surface area contributed by atoms with Crippen molar-refractivity contribution in [3.8, 4) is 16.9 Å². The van der Waals surface area contributed by atoms with Gasteiger partial charge in [-0.25, -0.2) is 13.2 Å². The lowest BCUT2D eigenvalue weighted by molar-refractivity contribution is -0.274. The van der Waals surface area contributed by atoms with Crippen LogP contribution < -0.4 is 15.4 Å². The van der Waals surface area contributed by atoms with Crippen LogP contribution in [0.2, 0.25) is 10.0 Å². The largest absolute Gasteiger partial charge is 0.573 e. The van der Waals surface area contributed by atoms with E-state index in [-0.39, 0.29) is 44.1 Å². The fourth-order valence-electron chi connectivity index (χ4n) is 3.13. The van der Waals surface area contributed by atoms with Crippen molar-refractivity contribution >= 4 is 44.8 Å². The molecule has 0 bridgehead atoms. The first kappa shape index (κ1) is 26.7. The zero-order valence-corrected chi connectivity index (χ0v) is 20.4. The maximum Gasteiger partial charge on any atom is 0.573 e. The molecule has 0 saturated carbocycles. The lowest BCUT2D eigenvalue weighted by Crippen LogP contribution is -2.28. The van der Waals surface area contributed by atoms with Crippen LogP contribution in [0.1, 0.15) is 12.5 Å². The molecule has 186 valence electrons. The topological polar surface area (TPSA) is 84.5 Å². The van der Waals surface area contributed by atoms with E-state index in [1.807, 2.05) is 0 Å². The van der Waals surface area contributed by atoms with E-state index in [1.54, 1.807) is 19.1 Å². The Morgan fingerprint density at radius 1 is 1.00 bits per heavy atom. The fourth-order valence-corrected chi connectivity index (χ4v) is 4.70. The molecule has 0 heterocycles. The number of amides is 2. The monoisotopic (exact) mass is 546 g/mol. The maximum absolute atomic E-state index is 12.8. The number of ether oxygens (including phenoxy) is 1. The number of halogens is 5. The zero-order valence-electron chi connectivity index (χ0n) is 18.1. The van der Waals surface area contributed by atoms with Gasteiger partial charge in [-0.3, -0.25) is 0 Å². The van der Waals surface area contributed by atoms with Gasteiger partial charge < -0.3 is 15.4 Å². The van der Waals surface area contributed by atoms with Crippen molar-refractivity contribution in [2.45, 2.75) is 24.7 Å². The average molecular weight is 547 g/mol. The Labute approximate surface area is 209 Å². The third kappa shape index (κ3) is 7.03. The highest BCUT2D eigenvalue weighted by molar-refractivity contribution is 7.91. The zero-order chi connectivity index (χ0) is 25.8. The number of benzene rings is 3. The first-order valence-electron chi connectivity index (χ1n) is 10.1. The average Bonchev–Trinajstić information content (AvgIpc) is 2.77. The normalized spacial score (nSPS) is 11.7. The van der Waals surface area contributed by atoms with E-state index < -0.39 is 28.0 Å². The van der Waals surface area contributed by atoms with E-state index >= 15 is 0 Å². The lowest BCUT2D eigenvalue weighted by atomic mass is 10.0. The predicted octanol–water partition coefficient (Wildman–Crippen LogP) is 6.67. The van der Waals surface area contributed by atoms with Crippen LogP contribution in [0, 0.1) is 0 Å². The van der Waals surface area contributed by atoms with Gasteiger partial charge in [-0.1, -0.05) is 60.5 Å². The van der Waals surface area contributed by atoms with Crippen LogP contribution in [-0.4, -0.2) is 26.6 Å². The minimum atomic E-state index is -4.90. The number of nitrogens with one attached hydrogen (secondary N) is 2. The first-order chi connectivity index (χ1) is 16.4. The Morgan fingerprint density at radius 3 is 2.17 bits per heavy atom. The van der Waals surface area contributed by atoms with E-state index in [4.69, 9.17) is 23.2 Å². The highest BCUT2D eigenvalue weighted by Gasteiger charge is 2.32. The molecule has 0 aliphatic carbocycles. The standard InChI is InChI=1S/C23H19Cl2F3N2O4S/c1-2-35(32,33)16-9-7-14(8-10-16)13-29-22(31)30-15-11-18(24)21(19(25)12-15)17-5-3-4-6-20(17)34-23(26,27)28/h3-12H,2,13H2,1H3,(H2,29,30,31). The number of carbonyl (C=O) groups is 1. The molecule has 3 rings (SSSR count). The third-order valence-corrected chi connectivity index (χ3v) is 7.14. The molecule has 0 aliphatic rings. The van der Waals surface area contributed by atoms with Crippen molar-refractivity contribution in [2.75, 3.05) is 11.1 Å². The van der Waals surface area contributed by atoms with Crippen LogP contribution in [0.3, 0.4) is 0 Å². The molecule has 0 spiro atoms. The van der Waals surface area contributed by atoms with Gasteiger partial charge >= 0.3 is 12.4 Å². The highest BCUT2D eigenvalue weighted by Crippen LogP contribution is 2.42. The molecular weight excluding hydrogens is 528 g/mol. The van der Waals surface area contributed by atoms with Crippen LogP contribution in [0.15, 0.2) is 65.6 Å². The summed E-state index contributed by atoms with van der Waals surface area (Å²) in [7, 11) is -3.32. The molecule has 0 saturated heterocycles. The summed E-state index contributed by atoms with van der Waals surface area (Å²) in [6, 6.07) is 13.6. The van der Waals surface area contributed by atoms with Crippen LogP contribution in [0.4, 0.5) is 23.7 Å². The van der Waals surface area contributed by atoms with Gasteiger partial charge in [-0.15, -0.1) is 13.2 Å². The molecule has 0 aromatic heterocycles. The Bertz CT molecular complexity index is 1310. The minimum Gasteiger partial charge on any atom is -0.405 e. The number of rotatable bonds is 7. The van der Waals surface area contributed by atoms with Crippen molar-refractivity contribution < 1.29 is 31.1 Å². The van der Waals surface area contributed by atoms with Crippen molar-refractivity contribution in [1.29, 1.82) is 0 Å². The Morgan fingerprint density at radius 2 is 1.60 bits per heavy atom. The van der Waals surface area contributed by atoms with Gasteiger partial charge in [0.25, 0.3) is 0 Å². The van der Waals surface area contributed by atoms with Gasteiger partial charge in [0.15, 0.2) is 9.84 Å². The van der Waals surface area contributed by atoms with Gasteiger partial charge in [0.05, 0.1) is 20.7 Å². The molecule has 0 fully saturated rings. The van der Waals surface area contributed by atoms with E-state index in [1.165, 1.54) is 42.5 Å². The van der Waals surface area contributed by atoms with E-state index in [0.717, 1.165) is 6.07 Å². The quantitative estimate of drug-likeness (QED) is 0.346. The van der Waals surface area contributed by atoms with Crippen molar-refractivity contribution in [1.82, 2.24) is 5.32 Å². The second-order valence-electron chi connectivity index (χ2n) is 7.21. The number of urea groups is 1. The van der Waals surface area contributed by atoms with Crippen LogP contribution >= 0.6 is 23.2 Å². The number of sulfone groups is 1. The molecule has 3 aromatic rings. The number of alkyl halides is 3. The van der Waals surface area contributed by atoms with Crippen LogP contribution in [0.25, 0.3) is 11.1 Å². The summed E-state index contributed by atoms with van der Waals surface area (Å²) < 4.78 is 66.1. The molecule has 0 atom stereocenters. The smallest absolute Gasteiger partial charge is 0.405 e.